The molecule has 0 bridgehead atoms. The van der Waals surface area contributed by atoms with Crippen molar-refractivity contribution in [1.82, 2.24) is 4.31 Å². The van der Waals surface area contributed by atoms with Crippen molar-refractivity contribution in [1.29, 1.82) is 0 Å². The molecule has 1 aliphatic heterocycles. The van der Waals surface area contributed by atoms with E-state index in [4.69, 9.17) is 11.5 Å². The monoisotopic (exact) mass is 333 g/mol. The summed E-state index contributed by atoms with van der Waals surface area (Å²) in [6.07, 6.45) is 1.54. The molecule has 4 N–H and O–H groups in total. The highest BCUT2D eigenvalue weighted by Crippen LogP contribution is 2.23. The molecule has 1 amide bonds. The van der Waals surface area contributed by atoms with Gasteiger partial charge in [-0.25, -0.2) is 8.42 Å². The lowest BCUT2D eigenvalue weighted by molar-refractivity contribution is 0.1000. The van der Waals surface area contributed by atoms with Gasteiger partial charge < -0.3 is 11.5 Å². The van der Waals surface area contributed by atoms with Gasteiger partial charge in [0.1, 0.15) is 0 Å². The number of halogens is 1. The van der Waals surface area contributed by atoms with Crippen molar-refractivity contribution in [2.45, 2.75) is 17.7 Å². The molecular formula is C13H20ClN3O3S. The Morgan fingerprint density at radius 2 is 1.90 bits per heavy atom. The Hall–Kier alpha value is -1.15. The van der Waals surface area contributed by atoms with Crippen molar-refractivity contribution >= 4 is 28.3 Å². The van der Waals surface area contributed by atoms with Crippen LogP contribution in [-0.2, 0) is 10.0 Å². The molecule has 0 aliphatic carbocycles. The van der Waals surface area contributed by atoms with E-state index in [0.717, 1.165) is 12.8 Å². The normalized spacial score (nSPS) is 17.2. The number of carbonyl (C=O) groups is 1. The van der Waals surface area contributed by atoms with Gasteiger partial charge in [0.2, 0.25) is 15.9 Å². The van der Waals surface area contributed by atoms with Crippen LogP contribution in [0.3, 0.4) is 0 Å². The summed E-state index contributed by atoms with van der Waals surface area (Å²) in [4.78, 5) is 11.2. The van der Waals surface area contributed by atoms with Gasteiger partial charge >= 0.3 is 0 Å². The van der Waals surface area contributed by atoms with Crippen LogP contribution in [-0.4, -0.2) is 38.3 Å². The Kier molecular flexibility index (Phi) is 6.15. The molecule has 0 atom stereocenters. The van der Waals surface area contributed by atoms with E-state index in [1.165, 1.54) is 28.6 Å². The molecule has 21 heavy (non-hydrogen) atoms. The van der Waals surface area contributed by atoms with Gasteiger partial charge in [-0.1, -0.05) is 6.07 Å². The molecule has 0 unspecified atom stereocenters. The minimum atomic E-state index is -3.56. The van der Waals surface area contributed by atoms with E-state index in [-0.39, 0.29) is 22.9 Å². The molecule has 1 heterocycles. The van der Waals surface area contributed by atoms with Crippen LogP contribution in [0.25, 0.3) is 0 Å². The average Bonchev–Trinajstić information content (AvgIpc) is 2.47. The van der Waals surface area contributed by atoms with Crippen molar-refractivity contribution in [2.24, 2.45) is 17.4 Å². The number of sulfonamides is 1. The van der Waals surface area contributed by atoms with Gasteiger partial charge in [0.25, 0.3) is 0 Å². The van der Waals surface area contributed by atoms with Crippen molar-refractivity contribution in [3.05, 3.63) is 29.8 Å². The van der Waals surface area contributed by atoms with Crippen molar-refractivity contribution in [3.63, 3.8) is 0 Å². The number of nitrogens with two attached hydrogens (primary N) is 2. The van der Waals surface area contributed by atoms with Gasteiger partial charge in [0.15, 0.2) is 0 Å². The van der Waals surface area contributed by atoms with E-state index in [1.54, 1.807) is 0 Å². The van der Waals surface area contributed by atoms with Gasteiger partial charge in [-0.15, -0.1) is 12.4 Å². The molecule has 1 saturated heterocycles. The molecular weight excluding hydrogens is 314 g/mol. The third kappa shape index (κ3) is 3.94. The van der Waals surface area contributed by atoms with E-state index >= 15 is 0 Å². The van der Waals surface area contributed by atoms with Crippen molar-refractivity contribution < 1.29 is 13.2 Å². The number of rotatable bonds is 4. The highest BCUT2D eigenvalue weighted by Gasteiger charge is 2.29. The van der Waals surface area contributed by atoms with Crippen LogP contribution in [0.4, 0.5) is 0 Å². The fourth-order valence-electron chi connectivity index (χ4n) is 2.34. The van der Waals surface area contributed by atoms with Gasteiger partial charge in [0.05, 0.1) is 4.90 Å². The smallest absolute Gasteiger partial charge is 0.248 e. The Labute approximate surface area is 130 Å². The summed E-state index contributed by atoms with van der Waals surface area (Å²) < 4.78 is 26.4. The lowest BCUT2D eigenvalue weighted by atomic mass is 9.99. The van der Waals surface area contributed by atoms with E-state index in [9.17, 15) is 13.2 Å². The maximum atomic E-state index is 12.5. The predicted molar refractivity (Wildman–Crippen MR) is 82.7 cm³/mol. The molecule has 0 aromatic heterocycles. The summed E-state index contributed by atoms with van der Waals surface area (Å²) in [5, 5.41) is 0. The fraction of sp³-hybridized carbons (Fsp3) is 0.462. The summed E-state index contributed by atoms with van der Waals surface area (Å²) >= 11 is 0. The maximum absolute atomic E-state index is 12.5. The summed E-state index contributed by atoms with van der Waals surface area (Å²) in [6, 6.07) is 5.84. The van der Waals surface area contributed by atoms with E-state index in [1.807, 2.05) is 0 Å². The van der Waals surface area contributed by atoms with Gasteiger partial charge in [-0.3, -0.25) is 4.79 Å². The maximum Gasteiger partial charge on any atom is 0.248 e. The standard InChI is InChI=1S/C13H19N3O3S.ClH/c14-9-10-4-6-16(7-5-10)20(18,19)12-3-1-2-11(8-12)13(15)17;/h1-3,8,10H,4-7,9,14H2,(H2,15,17);1H. The van der Waals surface area contributed by atoms with Crippen LogP contribution >= 0.6 is 12.4 Å². The molecule has 118 valence electrons. The number of hydrogen-bond donors (Lipinski definition) is 2. The Morgan fingerprint density at radius 1 is 1.29 bits per heavy atom. The lowest BCUT2D eigenvalue weighted by Crippen LogP contribution is -2.40. The zero-order valence-corrected chi connectivity index (χ0v) is 13.2. The molecule has 0 spiro atoms. The second kappa shape index (κ2) is 7.22. The first kappa shape index (κ1) is 17.9. The number of nitrogens with zero attached hydrogens (tertiary/aromatic N) is 1. The zero-order valence-electron chi connectivity index (χ0n) is 11.6. The van der Waals surface area contributed by atoms with Gasteiger partial charge in [-0.05, 0) is 43.5 Å². The van der Waals surface area contributed by atoms with E-state index in [2.05, 4.69) is 0 Å². The van der Waals surface area contributed by atoms with E-state index in [0.29, 0.717) is 25.6 Å². The van der Waals surface area contributed by atoms with Crippen LogP contribution in [0.5, 0.6) is 0 Å². The quantitative estimate of drug-likeness (QED) is 0.839. The highest BCUT2D eigenvalue weighted by molar-refractivity contribution is 7.89. The minimum Gasteiger partial charge on any atom is -0.366 e. The van der Waals surface area contributed by atoms with Crippen LogP contribution < -0.4 is 11.5 Å². The second-order valence-corrected chi connectivity index (χ2v) is 6.91. The predicted octanol–water partition coefficient (Wildman–Crippen LogP) is 0.567. The van der Waals surface area contributed by atoms with Crippen LogP contribution in [0.1, 0.15) is 23.2 Å². The average molecular weight is 334 g/mol. The van der Waals surface area contributed by atoms with Crippen molar-refractivity contribution in [3.8, 4) is 0 Å². The van der Waals surface area contributed by atoms with Crippen LogP contribution in [0, 0.1) is 5.92 Å². The SMILES string of the molecule is Cl.NCC1CCN(S(=O)(=O)c2cccc(C(N)=O)c2)CC1. The zero-order chi connectivity index (χ0) is 14.8. The summed E-state index contributed by atoms with van der Waals surface area (Å²) in [7, 11) is -3.56. The first-order chi connectivity index (χ1) is 9.45. The Balaban J connectivity index is 0.00000220. The number of amides is 1. The molecule has 2 rings (SSSR count). The second-order valence-electron chi connectivity index (χ2n) is 4.98. The molecule has 0 saturated carbocycles. The largest absolute Gasteiger partial charge is 0.366 e. The number of benzene rings is 1. The fourth-order valence-corrected chi connectivity index (χ4v) is 3.86. The number of primary amides is 1. The molecule has 8 heteroatoms. The van der Waals surface area contributed by atoms with Crippen LogP contribution in [0.2, 0.25) is 0 Å². The van der Waals surface area contributed by atoms with E-state index < -0.39 is 15.9 Å². The summed E-state index contributed by atoms with van der Waals surface area (Å²) in [5.41, 5.74) is 11.0. The summed E-state index contributed by atoms with van der Waals surface area (Å²) in [6.45, 7) is 1.51. The minimum absolute atomic E-state index is 0. The Morgan fingerprint density at radius 3 is 2.43 bits per heavy atom. The molecule has 1 aliphatic rings. The first-order valence-corrected chi connectivity index (χ1v) is 7.99. The van der Waals surface area contributed by atoms with Crippen LogP contribution in [0.15, 0.2) is 29.2 Å². The summed E-state index contributed by atoms with van der Waals surface area (Å²) in [5.74, 6) is -0.248. The number of hydrogen-bond acceptors (Lipinski definition) is 4. The van der Waals surface area contributed by atoms with Crippen molar-refractivity contribution in [2.75, 3.05) is 19.6 Å². The number of carbonyl (C=O) groups excluding carboxylic acids is 1. The molecule has 1 fully saturated rings. The Bertz CT molecular complexity index is 598. The number of piperidine rings is 1. The van der Waals surface area contributed by atoms with Gasteiger partial charge in [0, 0.05) is 18.7 Å². The third-order valence-corrected chi connectivity index (χ3v) is 5.56. The lowest BCUT2D eigenvalue weighted by Gasteiger charge is -2.30. The highest BCUT2D eigenvalue weighted by atomic mass is 35.5. The molecule has 6 nitrogen and oxygen atoms in total. The molecule has 1 aromatic carbocycles. The third-order valence-electron chi connectivity index (χ3n) is 3.66. The molecule has 1 aromatic rings. The molecule has 0 radical (unpaired) electrons. The van der Waals surface area contributed by atoms with Gasteiger partial charge in [-0.2, -0.15) is 4.31 Å². The first-order valence-electron chi connectivity index (χ1n) is 6.55. The topological polar surface area (TPSA) is 106 Å².